The van der Waals surface area contributed by atoms with Crippen molar-refractivity contribution in [1.29, 1.82) is 0 Å². The van der Waals surface area contributed by atoms with Crippen molar-refractivity contribution in [2.24, 2.45) is 46.3 Å². The lowest BCUT2D eigenvalue weighted by Crippen LogP contribution is -2.67. The summed E-state index contributed by atoms with van der Waals surface area (Å²) in [7, 11) is 0. The Kier molecular flexibility index (Phi) is 17.9. The van der Waals surface area contributed by atoms with Crippen LogP contribution in [0.25, 0.3) is 0 Å². The Bertz CT molecular complexity index is 2020. The first-order valence-corrected chi connectivity index (χ1v) is 27.0. The van der Waals surface area contributed by atoms with Crippen LogP contribution in [-0.4, -0.2) is 256 Å². The quantitative estimate of drug-likeness (QED) is 0.0645. The number of allylic oxidation sites excluding steroid dienone is 1. The van der Waals surface area contributed by atoms with Gasteiger partial charge >= 0.3 is 0 Å². The fraction of sp³-hybridized carbons (Fsp3) is 0.941. The number of fused-ring (bicyclic) bond motifs is 7. The summed E-state index contributed by atoms with van der Waals surface area (Å²) in [4.78, 5) is 14.5. The predicted octanol–water partition coefficient (Wildman–Crippen LogP) is -4.86. The Morgan fingerprint density at radius 3 is 1.72 bits per heavy atom. The van der Waals surface area contributed by atoms with Gasteiger partial charge in [-0.25, -0.2) is 0 Å². The number of hydrogen-bond acceptors (Lipinski definition) is 25. The molecule has 5 saturated heterocycles. The molecule has 5 aliphatic heterocycles. The number of aliphatic hydroxyl groups is 15. The molecule has 76 heavy (non-hydrogen) atoms. The Hall–Kier alpha value is -1.55. The van der Waals surface area contributed by atoms with Crippen LogP contribution in [0.15, 0.2) is 11.6 Å². The van der Waals surface area contributed by atoms with Gasteiger partial charge in [-0.05, 0) is 72.5 Å². The summed E-state index contributed by atoms with van der Waals surface area (Å²) in [6, 6.07) is 0. The van der Waals surface area contributed by atoms with Crippen LogP contribution in [-0.2, 0) is 47.4 Å². The van der Waals surface area contributed by atoms with Gasteiger partial charge < -0.3 is 119 Å². The fourth-order valence-corrected chi connectivity index (χ4v) is 14.9. The van der Waals surface area contributed by atoms with E-state index < -0.39 is 167 Å². The Morgan fingerprint density at radius 2 is 1.16 bits per heavy atom. The van der Waals surface area contributed by atoms with E-state index in [-0.39, 0.29) is 72.3 Å². The van der Waals surface area contributed by atoms with Gasteiger partial charge in [0.05, 0.1) is 39.1 Å². The molecule has 436 valence electrons. The molecule has 0 aromatic carbocycles. The second-order valence-corrected chi connectivity index (χ2v) is 23.8. The van der Waals surface area contributed by atoms with Gasteiger partial charge in [-0.3, -0.25) is 4.79 Å². The average molecular weight is 1100 g/mol. The van der Waals surface area contributed by atoms with E-state index in [4.69, 9.17) is 42.6 Å². The molecule has 3 saturated carbocycles. The van der Waals surface area contributed by atoms with Crippen LogP contribution in [0.3, 0.4) is 0 Å². The molecule has 15 N–H and O–H groups in total. The summed E-state index contributed by atoms with van der Waals surface area (Å²) >= 11 is 0. The molecule has 25 heteroatoms. The highest BCUT2D eigenvalue weighted by molar-refractivity contribution is 5.86. The molecule has 8 fully saturated rings. The number of hydrogen-bond donors (Lipinski definition) is 15. The number of carbonyl (C=O) groups excluding carboxylic acids is 1. The standard InChI is InChI=1S/C51H82O25/c1-19(18-68-45-41(65)37(61)33(57)28(14-52)70-45)7-10-51(67)20(2)32-27(76-51)12-24-22-6-5-21-11-26(25(56)13-50(21,4)23(22)8-9-49(24,32)3)69-47-43(39(63)35(59)30(16-54)72-47)75-48-44(40(64)36(60)31(17-55)73-48)74-46-42(66)38(62)34(58)29(15-53)71-46/h5,19-20,22-24,26-48,52-55,57-67H,6-18H2,1-4H3/t19-,20+,22-,23+,24+,26-,27+,28-,29-,30-,31-,32+,33-,34-,35-,36-,37+,38+,39+,40+,41-,42-,43-,44-,45-,46+,47-,48+,49+,50+,51-/m1/s1. The molecule has 0 aromatic heterocycles. The molecule has 4 aliphatic carbocycles. The number of ketones is 1. The van der Waals surface area contributed by atoms with Crippen LogP contribution in [0, 0.1) is 46.3 Å². The molecule has 0 amide bonds. The van der Waals surface area contributed by atoms with Crippen molar-refractivity contribution in [3.63, 3.8) is 0 Å². The van der Waals surface area contributed by atoms with Gasteiger partial charge in [0.25, 0.3) is 0 Å². The van der Waals surface area contributed by atoms with Crippen LogP contribution < -0.4 is 0 Å². The largest absolute Gasteiger partial charge is 0.394 e. The SMILES string of the molecule is C[C@H](CC[C@@]1(O)O[C@H]2C[C@H]3[C@@H]4CC=C5C[C@@H](O[C@@H]6O[C@H](CO)[C@@H](O)[C@H](O)[C@H]6O[C@@H]6O[C@H](CO)[C@@H](O)[C@H](O)[C@H]6O[C@@H]6O[C@H](CO)[C@@H](O)[C@H](O)[C@H]6O)C(=O)C[C@]5(C)[C@H]4CC[C@]3(C)[C@H]2[C@@H]1C)CO[C@@H]1O[C@H](CO)[C@@H](O)[C@H](O)[C@H]1O. The third kappa shape index (κ3) is 10.4. The minimum atomic E-state index is -1.97. The second-order valence-electron chi connectivity index (χ2n) is 23.8. The van der Waals surface area contributed by atoms with Gasteiger partial charge in [0.15, 0.2) is 36.7 Å². The highest BCUT2D eigenvalue weighted by Crippen LogP contribution is 2.70. The summed E-state index contributed by atoms with van der Waals surface area (Å²) in [5.41, 5.74) is 0.282. The van der Waals surface area contributed by atoms with Crippen molar-refractivity contribution in [2.75, 3.05) is 33.0 Å². The van der Waals surface area contributed by atoms with Crippen molar-refractivity contribution in [3.8, 4) is 0 Å². The minimum absolute atomic E-state index is 0.0618. The molecular formula is C51H82O25. The summed E-state index contributed by atoms with van der Waals surface area (Å²) in [5, 5.41) is 159. The van der Waals surface area contributed by atoms with E-state index in [1.54, 1.807) is 0 Å². The fourth-order valence-electron chi connectivity index (χ4n) is 14.9. The highest BCUT2D eigenvalue weighted by atomic mass is 16.8. The van der Waals surface area contributed by atoms with E-state index in [1.807, 2.05) is 13.8 Å². The van der Waals surface area contributed by atoms with Gasteiger partial charge in [0, 0.05) is 25.2 Å². The molecule has 31 atom stereocenters. The molecule has 9 rings (SSSR count). The highest BCUT2D eigenvalue weighted by Gasteiger charge is 2.68. The number of aliphatic hydroxyl groups excluding tert-OH is 14. The maximum Gasteiger partial charge on any atom is 0.187 e. The molecule has 9 aliphatic rings. The topological polar surface area (TPSA) is 404 Å². The number of Topliss-reactive ketones (excluding diaryl/α,β-unsaturated/α-hetero) is 1. The summed E-state index contributed by atoms with van der Waals surface area (Å²) < 4.78 is 53.5. The molecule has 0 aromatic rings. The molecule has 25 nitrogen and oxygen atoms in total. The lowest BCUT2D eigenvalue weighted by atomic mass is 9.46. The maximum atomic E-state index is 14.5. The Balaban J connectivity index is 0.858. The molecule has 0 spiro atoms. The smallest absolute Gasteiger partial charge is 0.187 e. The summed E-state index contributed by atoms with van der Waals surface area (Å²) in [5.74, 6) is -1.38. The molecular weight excluding hydrogens is 1010 g/mol. The second kappa shape index (κ2) is 23.0. The van der Waals surface area contributed by atoms with Crippen LogP contribution in [0.5, 0.6) is 0 Å². The predicted molar refractivity (Wildman–Crippen MR) is 252 cm³/mol. The summed E-state index contributed by atoms with van der Waals surface area (Å²) in [6.07, 6.45) is -28.5. The van der Waals surface area contributed by atoms with Gasteiger partial charge in [-0.15, -0.1) is 0 Å². The molecule has 0 bridgehead atoms. The van der Waals surface area contributed by atoms with E-state index in [0.717, 1.165) is 31.3 Å². The van der Waals surface area contributed by atoms with Gasteiger partial charge in [-0.2, -0.15) is 0 Å². The number of carbonyl (C=O) groups is 1. The van der Waals surface area contributed by atoms with E-state index in [9.17, 15) is 81.4 Å². The van der Waals surface area contributed by atoms with Crippen molar-refractivity contribution in [1.82, 2.24) is 0 Å². The average Bonchev–Trinajstić information content (AvgIpc) is 3.90. The van der Waals surface area contributed by atoms with Gasteiger partial charge in [0.2, 0.25) is 0 Å². The van der Waals surface area contributed by atoms with Gasteiger partial charge in [0.1, 0.15) is 104 Å². The van der Waals surface area contributed by atoms with E-state index in [1.165, 1.54) is 0 Å². The first-order valence-electron chi connectivity index (χ1n) is 27.0. The van der Waals surface area contributed by atoms with Crippen LogP contribution >= 0.6 is 0 Å². The summed E-state index contributed by atoms with van der Waals surface area (Å²) in [6.45, 7) is 5.48. The zero-order valence-electron chi connectivity index (χ0n) is 43.2. The van der Waals surface area contributed by atoms with Crippen molar-refractivity contribution >= 4 is 5.78 Å². The van der Waals surface area contributed by atoms with E-state index >= 15 is 0 Å². The third-order valence-electron chi connectivity index (χ3n) is 19.4. The zero-order chi connectivity index (χ0) is 55.1. The van der Waals surface area contributed by atoms with Crippen molar-refractivity contribution < 1.29 is 124 Å². The van der Waals surface area contributed by atoms with E-state index in [2.05, 4.69) is 19.9 Å². The lowest BCUT2D eigenvalue weighted by molar-refractivity contribution is -0.395. The number of rotatable bonds is 16. The number of ether oxygens (including phenoxy) is 9. The third-order valence-corrected chi connectivity index (χ3v) is 19.4. The Labute approximate surface area is 439 Å². The lowest BCUT2D eigenvalue weighted by Gasteiger charge is -2.58. The minimum Gasteiger partial charge on any atom is -0.394 e. The normalized spacial score (nSPS) is 53.8. The van der Waals surface area contributed by atoms with E-state index in [0.29, 0.717) is 12.8 Å². The first-order chi connectivity index (χ1) is 35.9. The van der Waals surface area contributed by atoms with Crippen LogP contribution in [0.4, 0.5) is 0 Å². The monoisotopic (exact) mass is 1090 g/mol. The van der Waals surface area contributed by atoms with Crippen LogP contribution in [0.1, 0.15) is 79.1 Å². The van der Waals surface area contributed by atoms with Crippen LogP contribution in [0.2, 0.25) is 0 Å². The Morgan fingerprint density at radius 1 is 0.658 bits per heavy atom. The van der Waals surface area contributed by atoms with Gasteiger partial charge in [-0.1, -0.05) is 39.3 Å². The molecule has 0 radical (unpaired) electrons. The first kappa shape index (κ1) is 59.1. The van der Waals surface area contributed by atoms with Crippen molar-refractivity contribution in [2.45, 2.75) is 220 Å². The maximum absolute atomic E-state index is 14.5. The molecule has 0 unspecified atom stereocenters. The molecule has 5 heterocycles. The van der Waals surface area contributed by atoms with Crippen molar-refractivity contribution in [3.05, 3.63) is 11.6 Å². The zero-order valence-corrected chi connectivity index (χ0v) is 43.2.